The van der Waals surface area contributed by atoms with Crippen molar-refractivity contribution in [2.24, 2.45) is 5.73 Å². The zero-order valence-corrected chi connectivity index (χ0v) is 9.44. The minimum absolute atomic E-state index is 0.604. The van der Waals surface area contributed by atoms with Gasteiger partial charge in [0.05, 0.1) is 11.6 Å². The molecule has 1 rings (SSSR count). The Morgan fingerprint density at radius 3 is 2.92 bits per heavy atom. The van der Waals surface area contributed by atoms with Crippen LogP contribution in [0.15, 0.2) is 22.7 Å². The fraction of sp³-hybridized carbons (Fsp3) is 0.333. The molecule has 1 aromatic rings. The maximum Gasteiger partial charge on any atom is 0.139 e. The van der Waals surface area contributed by atoms with Gasteiger partial charge in [0.25, 0.3) is 0 Å². The monoisotopic (exact) mass is 263 g/mol. The number of hydrogen-bond acceptors (Lipinski definition) is 2. The molecular weight excluding hydrogens is 253 g/mol. The molecule has 0 aromatic heterocycles. The SMILES string of the molecule is NCCCOc1cccc(Br)c1Cl. The van der Waals surface area contributed by atoms with Gasteiger partial charge >= 0.3 is 0 Å². The van der Waals surface area contributed by atoms with Crippen molar-refractivity contribution in [3.8, 4) is 5.75 Å². The molecule has 0 unspecified atom stereocenters. The summed E-state index contributed by atoms with van der Waals surface area (Å²) in [4.78, 5) is 0. The van der Waals surface area contributed by atoms with Crippen LogP contribution in [0, 0.1) is 0 Å². The van der Waals surface area contributed by atoms with Gasteiger partial charge in [-0.3, -0.25) is 0 Å². The molecular formula is C9H11BrClNO. The topological polar surface area (TPSA) is 35.2 Å². The molecule has 0 aliphatic heterocycles. The summed E-state index contributed by atoms with van der Waals surface area (Å²) in [6.07, 6.45) is 0.836. The lowest BCUT2D eigenvalue weighted by atomic mass is 10.3. The highest BCUT2D eigenvalue weighted by Crippen LogP contribution is 2.31. The quantitative estimate of drug-likeness (QED) is 0.849. The molecule has 0 saturated carbocycles. The summed E-state index contributed by atoms with van der Waals surface area (Å²) in [6, 6.07) is 5.59. The summed E-state index contributed by atoms with van der Waals surface area (Å²) in [5.74, 6) is 0.699. The van der Waals surface area contributed by atoms with Crippen molar-refractivity contribution in [2.45, 2.75) is 6.42 Å². The predicted octanol–water partition coefficient (Wildman–Crippen LogP) is 2.83. The molecule has 0 radical (unpaired) electrons. The van der Waals surface area contributed by atoms with E-state index in [-0.39, 0.29) is 0 Å². The van der Waals surface area contributed by atoms with Gasteiger partial charge in [-0.2, -0.15) is 0 Å². The van der Waals surface area contributed by atoms with Crippen LogP contribution < -0.4 is 10.5 Å². The molecule has 4 heteroatoms. The number of halogens is 2. The Morgan fingerprint density at radius 1 is 1.46 bits per heavy atom. The number of nitrogens with two attached hydrogens (primary N) is 1. The minimum Gasteiger partial charge on any atom is -0.492 e. The van der Waals surface area contributed by atoms with Crippen molar-refractivity contribution < 1.29 is 4.74 Å². The smallest absolute Gasteiger partial charge is 0.139 e. The van der Waals surface area contributed by atoms with Crippen LogP contribution in [0.25, 0.3) is 0 Å². The van der Waals surface area contributed by atoms with E-state index >= 15 is 0 Å². The standard InChI is InChI=1S/C9H11BrClNO/c10-7-3-1-4-8(9(7)11)13-6-2-5-12/h1,3-4H,2,5-6,12H2. The lowest BCUT2D eigenvalue weighted by Crippen LogP contribution is -2.06. The zero-order valence-electron chi connectivity index (χ0n) is 7.09. The van der Waals surface area contributed by atoms with Gasteiger partial charge in [-0.25, -0.2) is 0 Å². The molecule has 0 amide bonds. The lowest BCUT2D eigenvalue weighted by molar-refractivity contribution is 0.313. The van der Waals surface area contributed by atoms with Gasteiger partial charge in [0.2, 0.25) is 0 Å². The van der Waals surface area contributed by atoms with E-state index in [4.69, 9.17) is 22.1 Å². The van der Waals surface area contributed by atoms with Crippen LogP contribution in [0.2, 0.25) is 5.02 Å². The summed E-state index contributed by atoms with van der Waals surface area (Å²) >= 11 is 9.29. The lowest BCUT2D eigenvalue weighted by Gasteiger charge is -2.07. The van der Waals surface area contributed by atoms with Crippen molar-refractivity contribution in [3.05, 3.63) is 27.7 Å². The molecule has 2 N–H and O–H groups in total. The summed E-state index contributed by atoms with van der Waals surface area (Å²) < 4.78 is 6.26. The van der Waals surface area contributed by atoms with Crippen molar-refractivity contribution in [3.63, 3.8) is 0 Å². The molecule has 1 aromatic carbocycles. The Kier molecular flexibility index (Phi) is 4.56. The first-order valence-electron chi connectivity index (χ1n) is 4.02. The summed E-state index contributed by atoms with van der Waals surface area (Å²) in [6.45, 7) is 1.23. The van der Waals surface area contributed by atoms with E-state index in [9.17, 15) is 0 Å². The first-order valence-corrected chi connectivity index (χ1v) is 5.19. The third kappa shape index (κ3) is 3.18. The molecule has 0 atom stereocenters. The van der Waals surface area contributed by atoms with Crippen LogP contribution in [0.5, 0.6) is 5.75 Å². The molecule has 0 aliphatic rings. The molecule has 0 spiro atoms. The van der Waals surface area contributed by atoms with Crippen LogP contribution >= 0.6 is 27.5 Å². The maximum atomic E-state index is 5.97. The highest BCUT2D eigenvalue weighted by Gasteiger charge is 2.03. The summed E-state index contributed by atoms with van der Waals surface area (Å²) in [7, 11) is 0. The second-order valence-corrected chi connectivity index (χ2v) is 3.77. The molecule has 0 heterocycles. The molecule has 72 valence electrons. The van der Waals surface area contributed by atoms with Crippen molar-refractivity contribution in [2.75, 3.05) is 13.2 Å². The Balaban J connectivity index is 2.61. The largest absolute Gasteiger partial charge is 0.492 e. The third-order valence-electron chi connectivity index (χ3n) is 1.52. The Hall–Kier alpha value is -0.250. The van der Waals surface area contributed by atoms with E-state index in [1.165, 1.54) is 0 Å². The molecule has 2 nitrogen and oxygen atoms in total. The van der Waals surface area contributed by atoms with Crippen LogP contribution in [0.1, 0.15) is 6.42 Å². The molecule has 0 saturated heterocycles. The van der Waals surface area contributed by atoms with Gasteiger partial charge < -0.3 is 10.5 Å². The average molecular weight is 265 g/mol. The fourth-order valence-electron chi connectivity index (χ4n) is 0.861. The molecule has 0 bridgehead atoms. The van der Waals surface area contributed by atoms with Crippen molar-refractivity contribution >= 4 is 27.5 Å². The first kappa shape index (κ1) is 10.8. The number of benzene rings is 1. The van der Waals surface area contributed by atoms with Gasteiger partial charge in [0.15, 0.2) is 0 Å². The van der Waals surface area contributed by atoms with Gasteiger partial charge in [-0.15, -0.1) is 0 Å². The van der Waals surface area contributed by atoms with Crippen molar-refractivity contribution in [1.82, 2.24) is 0 Å². The Morgan fingerprint density at radius 2 is 2.23 bits per heavy atom. The number of ether oxygens (including phenoxy) is 1. The van der Waals surface area contributed by atoms with Crippen molar-refractivity contribution in [1.29, 1.82) is 0 Å². The summed E-state index contributed by atoms with van der Waals surface area (Å²) in [5.41, 5.74) is 5.34. The summed E-state index contributed by atoms with van der Waals surface area (Å²) in [5, 5.41) is 0.611. The Bertz CT molecular complexity index is 280. The predicted molar refractivity (Wildman–Crippen MR) is 58.3 cm³/mol. The van der Waals surface area contributed by atoms with E-state index in [0.29, 0.717) is 23.9 Å². The highest BCUT2D eigenvalue weighted by molar-refractivity contribution is 9.10. The second-order valence-electron chi connectivity index (χ2n) is 2.54. The van der Waals surface area contributed by atoms with Crippen LogP contribution in [0.3, 0.4) is 0 Å². The van der Waals surface area contributed by atoms with E-state index in [1.807, 2.05) is 18.2 Å². The first-order chi connectivity index (χ1) is 6.25. The third-order valence-corrected chi connectivity index (χ3v) is 2.80. The van der Waals surface area contributed by atoms with E-state index in [2.05, 4.69) is 15.9 Å². The van der Waals surface area contributed by atoms with E-state index in [0.717, 1.165) is 10.9 Å². The average Bonchev–Trinajstić information content (AvgIpc) is 2.13. The second kappa shape index (κ2) is 5.47. The fourth-order valence-corrected chi connectivity index (χ4v) is 1.39. The molecule has 0 aliphatic carbocycles. The van der Waals surface area contributed by atoms with E-state index < -0.39 is 0 Å². The van der Waals surface area contributed by atoms with Crippen LogP contribution in [-0.2, 0) is 0 Å². The van der Waals surface area contributed by atoms with Crippen LogP contribution in [-0.4, -0.2) is 13.2 Å². The highest BCUT2D eigenvalue weighted by atomic mass is 79.9. The number of rotatable bonds is 4. The van der Waals surface area contributed by atoms with Gasteiger partial charge in [0.1, 0.15) is 5.75 Å². The normalized spacial score (nSPS) is 10.1. The maximum absolute atomic E-state index is 5.97. The van der Waals surface area contributed by atoms with Gasteiger partial charge in [-0.05, 0) is 41.0 Å². The Labute approximate surface area is 91.2 Å². The number of hydrogen-bond donors (Lipinski definition) is 1. The van der Waals surface area contributed by atoms with E-state index in [1.54, 1.807) is 0 Å². The van der Waals surface area contributed by atoms with Gasteiger partial charge in [0, 0.05) is 4.47 Å². The van der Waals surface area contributed by atoms with Crippen LogP contribution in [0.4, 0.5) is 0 Å². The molecule has 0 fully saturated rings. The van der Waals surface area contributed by atoms with Gasteiger partial charge in [-0.1, -0.05) is 17.7 Å². The molecule has 13 heavy (non-hydrogen) atoms. The zero-order chi connectivity index (χ0) is 9.68. The minimum atomic E-state index is 0.604.